The van der Waals surface area contributed by atoms with Gasteiger partial charge in [0.25, 0.3) is 0 Å². The molecule has 0 atom stereocenters. The molecule has 86 valence electrons. The Morgan fingerprint density at radius 1 is 1.53 bits per heavy atom. The highest BCUT2D eigenvalue weighted by Gasteiger charge is 2.04. The van der Waals surface area contributed by atoms with E-state index in [4.69, 9.17) is 16.9 Å². The van der Waals surface area contributed by atoms with Gasteiger partial charge in [-0.2, -0.15) is 5.26 Å². The van der Waals surface area contributed by atoms with Gasteiger partial charge in [-0.1, -0.05) is 27.5 Å². The first-order valence-corrected chi connectivity index (χ1v) is 6.71. The summed E-state index contributed by atoms with van der Waals surface area (Å²) in [5.74, 6) is 0. The molecule has 0 saturated heterocycles. The van der Waals surface area contributed by atoms with E-state index in [1.807, 2.05) is 12.1 Å². The minimum Gasteiger partial charge on any atom is -0.379 e. The Bertz CT molecular complexity index is 576. The van der Waals surface area contributed by atoms with Gasteiger partial charge in [-0.05, 0) is 18.2 Å². The van der Waals surface area contributed by atoms with E-state index in [0.717, 1.165) is 15.0 Å². The highest BCUT2D eigenvalue weighted by atomic mass is 79.9. The summed E-state index contributed by atoms with van der Waals surface area (Å²) in [4.78, 5) is 4.99. The summed E-state index contributed by atoms with van der Waals surface area (Å²) in [7, 11) is 0. The summed E-state index contributed by atoms with van der Waals surface area (Å²) in [5.41, 5.74) is 1.41. The summed E-state index contributed by atoms with van der Waals surface area (Å²) in [6, 6.07) is 7.63. The van der Waals surface area contributed by atoms with Crippen LogP contribution in [0.25, 0.3) is 0 Å². The van der Waals surface area contributed by atoms with Crippen molar-refractivity contribution in [3.63, 3.8) is 0 Å². The maximum Gasteiger partial charge on any atom is 0.183 e. The van der Waals surface area contributed by atoms with E-state index in [9.17, 15) is 0 Å². The molecule has 17 heavy (non-hydrogen) atoms. The van der Waals surface area contributed by atoms with Gasteiger partial charge in [0.05, 0.1) is 17.8 Å². The van der Waals surface area contributed by atoms with Crippen molar-refractivity contribution in [1.82, 2.24) is 4.98 Å². The zero-order chi connectivity index (χ0) is 12.3. The van der Waals surface area contributed by atoms with Crippen LogP contribution in [0.1, 0.15) is 10.4 Å². The third-order valence-corrected chi connectivity index (χ3v) is 3.69. The summed E-state index contributed by atoms with van der Waals surface area (Å²) in [5, 5.41) is 12.2. The average molecular weight is 329 g/mol. The largest absolute Gasteiger partial charge is 0.379 e. The number of anilines is 1. The van der Waals surface area contributed by atoms with Gasteiger partial charge < -0.3 is 5.32 Å². The number of hydrogen-bond donors (Lipinski definition) is 1. The smallest absolute Gasteiger partial charge is 0.183 e. The van der Waals surface area contributed by atoms with Crippen molar-refractivity contribution in [3.8, 4) is 6.07 Å². The van der Waals surface area contributed by atoms with E-state index in [1.54, 1.807) is 12.3 Å². The number of thiazole rings is 1. The molecule has 0 aliphatic heterocycles. The molecule has 0 radical (unpaired) electrons. The second-order valence-corrected chi connectivity index (χ2v) is 5.85. The van der Waals surface area contributed by atoms with Crippen molar-refractivity contribution >= 4 is 44.6 Å². The van der Waals surface area contributed by atoms with Crippen LogP contribution in [-0.2, 0) is 6.54 Å². The maximum absolute atomic E-state index is 8.97. The Labute approximate surface area is 116 Å². The topological polar surface area (TPSA) is 48.7 Å². The SMILES string of the molecule is N#Cc1ccc(Br)cc1NCc1cnc(Cl)s1. The Morgan fingerprint density at radius 2 is 2.35 bits per heavy atom. The van der Waals surface area contributed by atoms with Gasteiger partial charge in [-0.15, -0.1) is 11.3 Å². The number of nitrogens with zero attached hydrogens (tertiary/aromatic N) is 2. The summed E-state index contributed by atoms with van der Waals surface area (Å²) >= 11 is 10.5. The second kappa shape index (κ2) is 5.50. The van der Waals surface area contributed by atoms with E-state index < -0.39 is 0 Å². The molecule has 1 heterocycles. The first-order valence-electron chi connectivity index (χ1n) is 4.73. The minimum atomic E-state index is 0.525. The Kier molecular flexibility index (Phi) is 4.00. The summed E-state index contributed by atoms with van der Waals surface area (Å²) < 4.78 is 1.46. The van der Waals surface area contributed by atoms with Gasteiger partial charge in [0, 0.05) is 15.5 Å². The predicted octanol–water partition coefficient (Wildman–Crippen LogP) is 4.04. The van der Waals surface area contributed by atoms with Crippen LogP contribution in [0.3, 0.4) is 0 Å². The number of nitriles is 1. The molecule has 0 unspecified atom stereocenters. The van der Waals surface area contributed by atoms with E-state index in [0.29, 0.717) is 16.6 Å². The molecule has 0 spiro atoms. The highest BCUT2D eigenvalue weighted by Crippen LogP contribution is 2.23. The number of nitrogens with one attached hydrogen (secondary N) is 1. The molecule has 2 aromatic rings. The van der Waals surface area contributed by atoms with Gasteiger partial charge in [0.2, 0.25) is 0 Å². The van der Waals surface area contributed by atoms with Gasteiger partial charge in [0.15, 0.2) is 4.47 Å². The third-order valence-electron chi connectivity index (χ3n) is 2.08. The molecular formula is C11H7BrClN3S. The zero-order valence-electron chi connectivity index (χ0n) is 8.58. The fourth-order valence-electron chi connectivity index (χ4n) is 1.31. The highest BCUT2D eigenvalue weighted by molar-refractivity contribution is 9.10. The summed E-state index contributed by atoms with van der Waals surface area (Å²) in [6.45, 7) is 0.607. The summed E-state index contributed by atoms with van der Waals surface area (Å²) in [6.07, 6.45) is 1.73. The first kappa shape index (κ1) is 12.4. The Hall–Kier alpha value is -1.09. The molecule has 0 fully saturated rings. The number of aromatic nitrogens is 1. The molecule has 0 saturated carbocycles. The predicted molar refractivity (Wildman–Crippen MR) is 73.3 cm³/mol. The Morgan fingerprint density at radius 3 is 3.00 bits per heavy atom. The quantitative estimate of drug-likeness (QED) is 0.925. The fourth-order valence-corrected chi connectivity index (χ4v) is 2.59. The van der Waals surface area contributed by atoms with Gasteiger partial charge in [-0.3, -0.25) is 0 Å². The van der Waals surface area contributed by atoms with Crippen molar-refractivity contribution in [2.24, 2.45) is 0 Å². The van der Waals surface area contributed by atoms with E-state index in [1.165, 1.54) is 11.3 Å². The van der Waals surface area contributed by atoms with Crippen LogP contribution in [0.5, 0.6) is 0 Å². The van der Waals surface area contributed by atoms with Crippen LogP contribution in [0, 0.1) is 11.3 Å². The van der Waals surface area contributed by atoms with Gasteiger partial charge >= 0.3 is 0 Å². The van der Waals surface area contributed by atoms with Crippen LogP contribution in [0.2, 0.25) is 4.47 Å². The van der Waals surface area contributed by atoms with Gasteiger partial charge in [0.1, 0.15) is 6.07 Å². The normalized spacial score (nSPS) is 9.94. The maximum atomic E-state index is 8.97. The Balaban J connectivity index is 2.13. The molecule has 3 nitrogen and oxygen atoms in total. The van der Waals surface area contributed by atoms with Crippen LogP contribution in [-0.4, -0.2) is 4.98 Å². The average Bonchev–Trinajstić information content (AvgIpc) is 2.73. The third kappa shape index (κ3) is 3.19. The van der Waals surface area contributed by atoms with Crippen LogP contribution < -0.4 is 5.32 Å². The molecule has 0 bridgehead atoms. The van der Waals surface area contributed by atoms with Crippen LogP contribution in [0.15, 0.2) is 28.9 Å². The molecule has 2 rings (SSSR count). The van der Waals surface area contributed by atoms with Crippen molar-refractivity contribution in [2.45, 2.75) is 6.54 Å². The molecule has 0 aliphatic carbocycles. The van der Waals surface area contributed by atoms with E-state index >= 15 is 0 Å². The standard InChI is InChI=1S/C11H7BrClN3S/c12-8-2-1-7(4-14)10(3-8)15-5-9-6-16-11(13)17-9/h1-3,6,15H,5H2. The number of benzene rings is 1. The van der Waals surface area contributed by atoms with Crippen molar-refractivity contribution in [1.29, 1.82) is 5.26 Å². The van der Waals surface area contributed by atoms with Crippen molar-refractivity contribution < 1.29 is 0 Å². The van der Waals surface area contributed by atoms with E-state index in [-0.39, 0.29) is 0 Å². The molecule has 1 aromatic carbocycles. The second-order valence-electron chi connectivity index (χ2n) is 3.23. The van der Waals surface area contributed by atoms with Crippen LogP contribution >= 0.6 is 38.9 Å². The van der Waals surface area contributed by atoms with Gasteiger partial charge in [-0.25, -0.2) is 4.98 Å². The minimum absolute atomic E-state index is 0.525. The molecule has 6 heteroatoms. The number of rotatable bonds is 3. The van der Waals surface area contributed by atoms with Crippen molar-refractivity contribution in [2.75, 3.05) is 5.32 Å². The van der Waals surface area contributed by atoms with Crippen molar-refractivity contribution in [3.05, 3.63) is 43.8 Å². The lowest BCUT2D eigenvalue weighted by Gasteiger charge is -2.06. The lowest BCUT2D eigenvalue weighted by molar-refractivity contribution is 1.17. The molecule has 0 amide bonds. The zero-order valence-corrected chi connectivity index (χ0v) is 11.7. The van der Waals surface area contributed by atoms with Crippen LogP contribution in [0.4, 0.5) is 5.69 Å². The first-order chi connectivity index (χ1) is 8.19. The number of halogens is 2. The number of hydrogen-bond acceptors (Lipinski definition) is 4. The fraction of sp³-hybridized carbons (Fsp3) is 0.0909. The lowest BCUT2D eigenvalue weighted by Crippen LogP contribution is -1.99. The molecule has 1 aromatic heterocycles. The molecule has 1 N–H and O–H groups in total. The van der Waals surface area contributed by atoms with E-state index in [2.05, 4.69) is 32.3 Å². The monoisotopic (exact) mass is 327 g/mol. The molecular weight excluding hydrogens is 322 g/mol. The molecule has 0 aliphatic rings. The lowest BCUT2D eigenvalue weighted by atomic mass is 10.2.